The van der Waals surface area contributed by atoms with Gasteiger partial charge in [0.2, 0.25) is 0 Å². The molecule has 86 valence electrons. The standard InChI is InChI=1S/C13H16FNO/c1-4-5-9-15-10(2)13-11(14)7-6-8-12(13)16-3/h1,6-8,10,15H,5,9H2,2-3H3. The Balaban J connectivity index is 2.81. The molecule has 0 aliphatic rings. The molecule has 1 aromatic rings. The van der Waals surface area contributed by atoms with E-state index in [4.69, 9.17) is 11.2 Å². The average Bonchev–Trinajstić information content (AvgIpc) is 2.28. The number of nitrogens with one attached hydrogen (secondary N) is 1. The minimum absolute atomic E-state index is 0.121. The van der Waals surface area contributed by atoms with Gasteiger partial charge in [-0.2, -0.15) is 0 Å². The molecule has 0 saturated heterocycles. The van der Waals surface area contributed by atoms with Crippen molar-refractivity contribution in [3.05, 3.63) is 29.6 Å². The van der Waals surface area contributed by atoms with Crippen LogP contribution in [-0.4, -0.2) is 13.7 Å². The van der Waals surface area contributed by atoms with Crippen molar-refractivity contribution in [3.8, 4) is 18.1 Å². The van der Waals surface area contributed by atoms with Crippen LogP contribution >= 0.6 is 0 Å². The lowest BCUT2D eigenvalue weighted by Crippen LogP contribution is -2.21. The number of rotatable bonds is 5. The van der Waals surface area contributed by atoms with Gasteiger partial charge in [-0.3, -0.25) is 0 Å². The van der Waals surface area contributed by atoms with Crippen molar-refractivity contribution in [2.45, 2.75) is 19.4 Å². The lowest BCUT2D eigenvalue weighted by Gasteiger charge is -2.17. The molecule has 1 atom stereocenters. The minimum Gasteiger partial charge on any atom is -0.496 e. The molecule has 1 unspecified atom stereocenters. The van der Waals surface area contributed by atoms with Crippen LogP contribution in [0.2, 0.25) is 0 Å². The second kappa shape index (κ2) is 6.14. The Morgan fingerprint density at radius 3 is 2.94 bits per heavy atom. The zero-order valence-electron chi connectivity index (χ0n) is 9.59. The first-order chi connectivity index (χ1) is 7.70. The minimum atomic E-state index is -0.264. The van der Waals surface area contributed by atoms with Gasteiger partial charge in [0.05, 0.1) is 7.11 Å². The predicted octanol–water partition coefficient (Wildman–Crippen LogP) is 2.51. The summed E-state index contributed by atoms with van der Waals surface area (Å²) < 4.78 is 18.8. The molecule has 0 radical (unpaired) electrons. The fourth-order valence-corrected chi connectivity index (χ4v) is 1.58. The van der Waals surface area contributed by atoms with Gasteiger partial charge in [-0.05, 0) is 19.1 Å². The Hall–Kier alpha value is -1.53. The highest BCUT2D eigenvalue weighted by atomic mass is 19.1. The third-order valence-electron chi connectivity index (χ3n) is 2.39. The van der Waals surface area contributed by atoms with E-state index < -0.39 is 0 Å². The Morgan fingerprint density at radius 1 is 1.56 bits per heavy atom. The SMILES string of the molecule is C#CCCNC(C)c1c(F)cccc1OC. The van der Waals surface area contributed by atoms with E-state index >= 15 is 0 Å². The van der Waals surface area contributed by atoms with E-state index in [-0.39, 0.29) is 11.9 Å². The smallest absolute Gasteiger partial charge is 0.131 e. The largest absolute Gasteiger partial charge is 0.496 e. The van der Waals surface area contributed by atoms with Crippen molar-refractivity contribution in [1.82, 2.24) is 5.32 Å². The van der Waals surface area contributed by atoms with Gasteiger partial charge in [0.15, 0.2) is 0 Å². The third kappa shape index (κ3) is 2.98. The van der Waals surface area contributed by atoms with E-state index in [9.17, 15) is 4.39 Å². The molecule has 3 heteroatoms. The number of terminal acetylenes is 1. The molecule has 0 aromatic heterocycles. The van der Waals surface area contributed by atoms with Crippen LogP contribution in [-0.2, 0) is 0 Å². The molecule has 0 saturated carbocycles. The monoisotopic (exact) mass is 221 g/mol. The molecule has 0 aliphatic carbocycles. The van der Waals surface area contributed by atoms with Gasteiger partial charge in [-0.1, -0.05) is 6.07 Å². The molecule has 0 heterocycles. The first-order valence-corrected chi connectivity index (χ1v) is 5.20. The lowest BCUT2D eigenvalue weighted by atomic mass is 10.1. The molecule has 0 spiro atoms. The Kier molecular flexibility index (Phi) is 4.81. The predicted molar refractivity (Wildman–Crippen MR) is 62.8 cm³/mol. The van der Waals surface area contributed by atoms with Gasteiger partial charge in [-0.25, -0.2) is 4.39 Å². The lowest BCUT2D eigenvalue weighted by molar-refractivity contribution is 0.394. The van der Waals surface area contributed by atoms with Gasteiger partial charge in [0.1, 0.15) is 11.6 Å². The summed E-state index contributed by atoms with van der Waals surface area (Å²) in [5, 5.41) is 3.15. The summed E-state index contributed by atoms with van der Waals surface area (Å²) in [7, 11) is 1.53. The molecule has 1 rings (SSSR count). The fraction of sp³-hybridized carbons (Fsp3) is 0.385. The highest BCUT2D eigenvalue weighted by Gasteiger charge is 2.15. The quantitative estimate of drug-likeness (QED) is 0.609. The van der Waals surface area contributed by atoms with Crippen molar-refractivity contribution < 1.29 is 9.13 Å². The zero-order valence-corrected chi connectivity index (χ0v) is 9.59. The number of hydrogen-bond acceptors (Lipinski definition) is 2. The Labute approximate surface area is 95.8 Å². The summed E-state index contributed by atoms with van der Waals surface area (Å²) in [6.07, 6.45) is 5.78. The summed E-state index contributed by atoms with van der Waals surface area (Å²) in [5.41, 5.74) is 0.544. The number of methoxy groups -OCH3 is 1. The summed E-state index contributed by atoms with van der Waals surface area (Å²) in [6, 6.07) is 4.69. The van der Waals surface area contributed by atoms with E-state index in [1.165, 1.54) is 13.2 Å². The number of ether oxygens (including phenoxy) is 1. The average molecular weight is 221 g/mol. The number of benzene rings is 1. The zero-order chi connectivity index (χ0) is 12.0. The molecule has 1 N–H and O–H groups in total. The molecule has 0 amide bonds. The van der Waals surface area contributed by atoms with Gasteiger partial charge >= 0.3 is 0 Å². The molecule has 0 aliphatic heterocycles. The maximum absolute atomic E-state index is 13.6. The van der Waals surface area contributed by atoms with E-state index in [1.807, 2.05) is 6.92 Å². The van der Waals surface area contributed by atoms with Gasteiger partial charge in [0, 0.05) is 24.6 Å². The van der Waals surface area contributed by atoms with E-state index in [1.54, 1.807) is 12.1 Å². The molecule has 2 nitrogen and oxygen atoms in total. The maximum atomic E-state index is 13.6. The second-order valence-corrected chi connectivity index (χ2v) is 3.49. The van der Waals surface area contributed by atoms with Crippen molar-refractivity contribution >= 4 is 0 Å². The van der Waals surface area contributed by atoms with Crippen molar-refractivity contribution in [3.63, 3.8) is 0 Å². The molecule has 16 heavy (non-hydrogen) atoms. The van der Waals surface area contributed by atoms with E-state index in [0.717, 1.165) is 0 Å². The highest BCUT2D eigenvalue weighted by molar-refractivity contribution is 5.36. The van der Waals surface area contributed by atoms with Gasteiger partial charge in [-0.15, -0.1) is 12.3 Å². The number of hydrogen-bond donors (Lipinski definition) is 1. The van der Waals surface area contributed by atoms with Crippen LogP contribution in [0.4, 0.5) is 4.39 Å². The summed E-state index contributed by atoms with van der Waals surface area (Å²) in [5.74, 6) is 2.82. The maximum Gasteiger partial charge on any atom is 0.131 e. The van der Waals surface area contributed by atoms with Gasteiger partial charge in [0.25, 0.3) is 0 Å². The van der Waals surface area contributed by atoms with Crippen LogP contribution < -0.4 is 10.1 Å². The Morgan fingerprint density at radius 2 is 2.31 bits per heavy atom. The van der Waals surface area contributed by atoms with Crippen LogP contribution in [0.15, 0.2) is 18.2 Å². The number of halogens is 1. The molecule has 0 fully saturated rings. The van der Waals surface area contributed by atoms with Crippen LogP contribution in [0, 0.1) is 18.2 Å². The molecular formula is C13H16FNO. The molecule has 0 bridgehead atoms. The molecule has 1 aromatic carbocycles. The van der Waals surface area contributed by atoms with Crippen LogP contribution in [0.5, 0.6) is 5.75 Å². The summed E-state index contributed by atoms with van der Waals surface area (Å²) >= 11 is 0. The van der Waals surface area contributed by atoms with Gasteiger partial charge < -0.3 is 10.1 Å². The second-order valence-electron chi connectivity index (χ2n) is 3.49. The first kappa shape index (κ1) is 12.5. The molecular weight excluding hydrogens is 205 g/mol. The van der Waals surface area contributed by atoms with Crippen molar-refractivity contribution in [1.29, 1.82) is 0 Å². The summed E-state index contributed by atoms with van der Waals surface area (Å²) in [4.78, 5) is 0. The first-order valence-electron chi connectivity index (χ1n) is 5.20. The fourth-order valence-electron chi connectivity index (χ4n) is 1.58. The highest BCUT2D eigenvalue weighted by Crippen LogP contribution is 2.27. The van der Waals surface area contributed by atoms with Crippen LogP contribution in [0.1, 0.15) is 24.9 Å². The van der Waals surface area contributed by atoms with E-state index in [2.05, 4.69) is 11.2 Å². The topological polar surface area (TPSA) is 21.3 Å². The summed E-state index contributed by atoms with van der Waals surface area (Å²) in [6.45, 7) is 2.55. The van der Waals surface area contributed by atoms with Crippen LogP contribution in [0.3, 0.4) is 0 Å². The van der Waals surface area contributed by atoms with Crippen molar-refractivity contribution in [2.75, 3.05) is 13.7 Å². The normalized spacial score (nSPS) is 11.9. The van der Waals surface area contributed by atoms with Crippen molar-refractivity contribution in [2.24, 2.45) is 0 Å². The van der Waals surface area contributed by atoms with E-state index in [0.29, 0.717) is 24.3 Å². The van der Waals surface area contributed by atoms with Crippen LogP contribution in [0.25, 0.3) is 0 Å². The Bertz CT molecular complexity index is 384. The third-order valence-corrected chi connectivity index (χ3v) is 2.39.